The maximum atomic E-state index is 10.9. The average Bonchev–Trinajstić information content (AvgIpc) is 2.02. The summed E-state index contributed by atoms with van der Waals surface area (Å²) in [7, 11) is 0. The van der Waals surface area contributed by atoms with Gasteiger partial charge in [0.2, 0.25) is 0 Å². The number of nitrogens with one attached hydrogen (secondary N) is 1. The predicted molar refractivity (Wildman–Crippen MR) is 53.8 cm³/mol. The second-order valence-corrected chi connectivity index (χ2v) is 4.11. The molecule has 0 aliphatic carbocycles. The smallest absolute Gasteiger partial charge is 0.263 e. The molecule has 1 amide bonds. The van der Waals surface area contributed by atoms with Gasteiger partial charge < -0.3 is 10.1 Å². The van der Waals surface area contributed by atoms with Crippen molar-refractivity contribution in [2.45, 2.75) is 0 Å². The molecule has 0 spiro atoms. The van der Waals surface area contributed by atoms with Crippen molar-refractivity contribution in [1.29, 1.82) is 0 Å². The molecular weight excluding hydrogens is 304 g/mol. The molecular formula is C7H4Br2N2O2. The molecule has 0 saturated carbocycles. The minimum Gasteiger partial charge on any atom is -0.479 e. The molecule has 0 radical (unpaired) electrons. The molecule has 0 unspecified atom stereocenters. The minimum absolute atomic E-state index is 0.0366. The number of carbonyl (C=O) groups excluding carboxylic acids is 1. The number of carbonyl (C=O) groups is 1. The number of nitrogens with zero attached hydrogens (tertiary/aromatic N) is 1. The zero-order valence-electron chi connectivity index (χ0n) is 6.30. The summed E-state index contributed by atoms with van der Waals surface area (Å²) < 4.78 is 6.59. The zero-order valence-corrected chi connectivity index (χ0v) is 9.48. The Bertz CT molecular complexity index is 381. The first-order valence-corrected chi connectivity index (χ1v) is 5.04. The quantitative estimate of drug-likeness (QED) is 0.745. The number of anilines is 1. The molecule has 1 aromatic heterocycles. The van der Waals surface area contributed by atoms with Crippen LogP contribution in [0.2, 0.25) is 0 Å². The maximum Gasteiger partial charge on any atom is 0.263 e. The van der Waals surface area contributed by atoms with E-state index in [1.54, 1.807) is 6.07 Å². The van der Waals surface area contributed by atoms with Crippen LogP contribution in [0.25, 0.3) is 0 Å². The summed E-state index contributed by atoms with van der Waals surface area (Å²) in [6, 6.07) is 1.76. The molecule has 2 heterocycles. The van der Waals surface area contributed by atoms with Crippen molar-refractivity contribution in [1.82, 2.24) is 4.98 Å². The van der Waals surface area contributed by atoms with E-state index in [0.29, 0.717) is 16.2 Å². The Labute approximate surface area is 90.9 Å². The Morgan fingerprint density at radius 2 is 2.31 bits per heavy atom. The molecule has 13 heavy (non-hydrogen) atoms. The number of pyridine rings is 1. The zero-order chi connectivity index (χ0) is 9.42. The maximum absolute atomic E-state index is 10.9. The van der Waals surface area contributed by atoms with Crippen LogP contribution in [0.1, 0.15) is 0 Å². The number of hydrogen-bond donors (Lipinski definition) is 1. The molecule has 0 fully saturated rings. The minimum atomic E-state index is -0.190. The second-order valence-electron chi connectivity index (χ2n) is 2.44. The first-order chi connectivity index (χ1) is 6.16. The number of amides is 1. The SMILES string of the molecule is O=C1COc2c(Br)cc(Br)nc2N1. The lowest BCUT2D eigenvalue weighted by Crippen LogP contribution is -2.26. The van der Waals surface area contributed by atoms with Gasteiger partial charge in [-0.2, -0.15) is 0 Å². The standard InChI is InChI=1S/C7H4Br2N2O2/c8-3-1-4(9)10-7-6(3)13-2-5(12)11-7/h1H,2H2,(H,10,11,12). The Morgan fingerprint density at radius 1 is 1.54 bits per heavy atom. The summed E-state index contributed by atoms with van der Waals surface area (Å²) in [5.74, 6) is 0.824. The Morgan fingerprint density at radius 3 is 3.08 bits per heavy atom. The van der Waals surface area contributed by atoms with Crippen LogP contribution in [0.5, 0.6) is 5.75 Å². The van der Waals surface area contributed by atoms with Gasteiger partial charge in [-0.05, 0) is 37.9 Å². The van der Waals surface area contributed by atoms with E-state index in [9.17, 15) is 4.79 Å². The van der Waals surface area contributed by atoms with E-state index in [0.717, 1.165) is 4.47 Å². The van der Waals surface area contributed by atoms with Gasteiger partial charge in [0.1, 0.15) is 4.60 Å². The molecule has 1 aliphatic rings. The van der Waals surface area contributed by atoms with Gasteiger partial charge in [-0.25, -0.2) is 4.98 Å². The highest BCUT2D eigenvalue weighted by Crippen LogP contribution is 2.35. The molecule has 1 N–H and O–H groups in total. The highest BCUT2D eigenvalue weighted by Gasteiger charge is 2.20. The van der Waals surface area contributed by atoms with Gasteiger partial charge in [-0.15, -0.1) is 0 Å². The van der Waals surface area contributed by atoms with E-state index in [2.05, 4.69) is 42.2 Å². The predicted octanol–water partition coefficient (Wildman–Crippen LogP) is 1.94. The molecule has 6 heteroatoms. The van der Waals surface area contributed by atoms with Crippen LogP contribution < -0.4 is 10.1 Å². The Kier molecular flexibility index (Phi) is 2.25. The summed E-state index contributed by atoms with van der Waals surface area (Å²) >= 11 is 6.52. The van der Waals surface area contributed by atoms with Crippen LogP contribution in [-0.4, -0.2) is 17.5 Å². The summed E-state index contributed by atoms with van der Waals surface area (Å²) in [4.78, 5) is 15.0. The lowest BCUT2D eigenvalue weighted by atomic mass is 10.4. The van der Waals surface area contributed by atoms with E-state index in [-0.39, 0.29) is 12.5 Å². The highest BCUT2D eigenvalue weighted by atomic mass is 79.9. The fourth-order valence-corrected chi connectivity index (χ4v) is 2.23. The van der Waals surface area contributed by atoms with E-state index in [1.807, 2.05) is 0 Å². The highest BCUT2D eigenvalue weighted by molar-refractivity contribution is 9.11. The Hall–Kier alpha value is -0.620. The van der Waals surface area contributed by atoms with Crippen molar-refractivity contribution < 1.29 is 9.53 Å². The summed E-state index contributed by atoms with van der Waals surface area (Å²) in [6.07, 6.45) is 0. The molecule has 1 aromatic rings. The van der Waals surface area contributed by atoms with E-state index in [1.165, 1.54) is 0 Å². The van der Waals surface area contributed by atoms with Gasteiger partial charge >= 0.3 is 0 Å². The summed E-state index contributed by atoms with van der Waals surface area (Å²) in [5, 5.41) is 2.61. The number of fused-ring (bicyclic) bond motifs is 1. The van der Waals surface area contributed by atoms with E-state index in [4.69, 9.17) is 4.74 Å². The second kappa shape index (κ2) is 3.26. The lowest BCUT2D eigenvalue weighted by Gasteiger charge is -2.17. The number of aromatic nitrogens is 1. The summed E-state index contributed by atoms with van der Waals surface area (Å²) in [5.41, 5.74) is 0. The normalized spacial score (nSPS) is 14.5. The van der Waals surface area contributed by atoms with E-state index < -0.39 is 0 Å². The van der Waals surface area contributed by atoms with Gasteiger partial charge in [0.25, 0.3) is 5.91 Å². The van der Waals surface area contributed by atoms with Crippen molar-refractivity contribution in [3.05, 3.63) is 15.1 Å². The monoisotopic (exact) mass is 306 g/mol. The largest absolute Gasteiger partial charge is 0.479 e. The summed E-state index contributed by atoms with van der Waals surface area (Å²) in [6.45, 7) is 0.0366. The molecule has 0 bridgehead atoms. The molecule has 0 saturated heterocycles. The molecule has 1 aliphatic heterocycles. The van der Waals surface area contributed by atoms with Crippen molar-refractivity contribution in [2.75, 3.05) is 11.9 Å². The van der Waals surface area contributed by atoms with Crippen LogP contribution in [-0.2, 0) is 4.79 Å². The molecule has 0 aromatic carbocycles. The average molecular weight is 308 g/mol. The van der Waals surface area contributed by atoms with Crippen LogP contribution in [0.4, 0.5) is 5.82 Å². The molecule has 68 valence electrons. The van der Waals surface area contributed by atoms with Gasteiger partial charge in [0.05, 0.1) is 4.47 Å². The lowest BCUT2D eigenvalue weighted by molar-refractivity contribution is -0.118. The van der Waals surface area contributed by atoms with Gasteiger partial charge in [-0.1, -0.05) is 0 Å². The molecule has 0 atom stereocenters. The van der Waals surface area contributed by atoms with Crippen LogP contribution in [0.15, 0.2) is 15.1 Å². The number of rotatable bonds is 0. The Balaban J connectivity index is 2.53. The number of hydrogen-bond acceptors (Lipinski definition) is 3. The van der Waals surface area contributed by atoms with Crippen molar-refractivity contribution in [2.24, 2.45) is 0 Å². The van der Waals surface area contributed by atoms with Crippen LogP contribution >= 0.6 is 31.9 Å². The third-order valence-electron chi connectivity index (χ3n) is 1.50. The van der Waals surface area contributed by atoms with Gasteiger partial charge in [0.15, 0.2) is 18.2 Å². The van der Waals surface area contributed by atoms with Crippen molar-refractivity contribution >= 4 is 43.6 Å². The third kappa shape index (κ3) is 1.68. The van der Waals surface area contributed by atoms with Gasteiger partial charge in [0, 0.05) is 0 Å². The topological polar surface area (TPSA) is 51.2 Å². The third-order valence-corrected chi connectivity index (χ3v) is 2.50. The van der Waals surface area contributed by atoms with Crippen LogP contribution in [0.3, 0.4) is 0 Å². The van der Waals surface area contributed by atoms with Crippen LogP contribution in [0, 0.1) is 0 Å². The first-order valence-electron chi connectivity index (χ1n) is 3.45. The van der Waals surface area contributed by atoms with Crippen molar-refractivity contribution in [3.8, 4) is 5.75 Å². The molecule has 4 nitrogen and oxygen atoms in total. The fraction of sp³-hybridized carbons (Fsp3) is 0.143. The number of halogens is 2. The van der Waals surface area contributed by atoms with E-state index >= 15 is 0 Å². The van der Waals surface area contributed by atoms with Crippen molar-refractivity contribution in [3.63, 3.8) is 0 Å². The molecule has 2 rings (SSSR count). The van der Waals surface area contributed by atoms with Gasteiger partial charge in [-0.3, -0.25) is 4.79 Å². The fourth-order valence-electron chi connectivity index (χ4n) is 1.00. The first kappa shape index (κ1) is 8.96. The number of ether oxygens (including phenoxy) is 1.